The zero-order chi connectivity index (χ0) is 11.9. The Morgan fingerprint density at radius 2 is 1.94 bits per heavy atom. The minimum absolute atomic E-state index is 0. The second-order valence-electron chi connectivity index (χ2n) is 5.15. The molecule has 0 atom stereocenters. The van der Waals surface area contributed by atoms with Gasteiger partial charge in [-0.2, -0.15) is 0 Å². The summed E-state index contributed by atoms with van der Waals surface area (Å²) in [5.74, 6) is 0.160. The maximum atomic E-state index is 11.7. The summed E-state index contributed by atoms with van der Waals surface area (Å²) >= 11 is 0. The molecule has 4 heteroatoms. The molecule has 18 heavy (non-hydrogen) atoms. The molecule has 1 N–H and O–H groups in total. The van der Waals surface area contributed by atoms with E-state index in [4.69, 9.17) is 0 Å². The highest BCUT2D eigenvalue weighted by atomic mass is 35.5. The van der Waals surface area contributed by atoms with Crippen molar-refractivity contribution in [2.24, 2.45) is 0 Å². The van der Waals surface area contributed by atoms with Gasteiger partial charge in [0.1, 0.15) is 0 Å². The van der Waals surface area contributed by atoms with Crippen LogP contribution in [-0.4, -0.2) is 25.5 Å². The van der Waals surface area contributed by atoms with E-state index in [9.17, 15) is 4.79 Å². The van der Waals surface area contributed by atoms with Crippen molar-refractivity contribution >= 4 is 24.0 Å². The van der Waals surface area contributed by atoms with E-state index in [0.717, 1.165) is 38.2 Å². The lowest BCUT2D eigenvalue weighted by atomic mass is 9.75. The topological polar surface area (TPSA) is 32.3 Å². The molecule has 0 saturated carbocycles. The van der Waals surface area contributed by atoms with E-state index in [1.165, 1.54) is 5.56 Å². The van der Waals surface area contributed by atoms with Crippen LogP contribution in [0.4, 0.5) is 5.69 Å². The van der Waals surface area contributed by atoms with Crippen LogP contribution >= 0.6 is 12.4 Å². The third kappa shape index (κ3) is 1.91. The molecule has 3 nitrogen and oxygen atoms in total. The largest absolute Gasteiger partial charge is 0.317 e. The van der Waals surface area contributed by atoms with Gasteiger partial charge in [0.05, 0.1) is 0 Å². The van der Waals surface area contributed by atoms with Crippen molar-refractivity contribution in [3.63, 3.8) is 0 Å². The lowest BCUT2D eigenvalue weighted by Gasteiger charge is -2.34. The molecular weight excluding hydrogens is 248 g/mol. The Labute approximate surface area is 114 Å². The number of hydrogen-bond acceptors (Lipinski definition) is 2. The van der Waals surface area contributed by atoms with Gasteiger partial charge in [0.2, 0.25) is 5.91 Å². The number of piperidine rings is 1. The van der Waals surface area contributed by atoms with Crippen molar-refractivity contribution < 1.29 is 4.79 Å². The second-order valence-corrected chi connectivity index (χ2v) is 5.15. The first-order valence-corrected chi connectivity index (χ1v) is 6.31. The number of nitrogens with one attached hydrogen (secondary N) is 1. The number of benzene rings is 1. The summed E-state index contributed by atoms with van der Waals surface area (Å²) < 4.78 is 0. The van der Waals surface area contributed by atoms with Gasteiger partial charge in [0, 0.05) is 24.6 Å². The van der Waals surface area contributed by atoms with Crippen molar-refractivity contribution in [1.29, 1.82) is 0 Å². The minimum Gasteiger partial charge on any atom is -0.317 e. The van der Waals surface area contributed by atoms with Crippen LogP contribution in [0.2, 0.25) is 0 Å². The summed E-state index contributed by atoms with van der Waals surface area (Å²) in [6, 6.07) is 8.39. The Hall–Kier alpha value is -1.06. The van der Waals surface area contributed by atoms with Gasteiger partial charge in [-0.05, 0) is 37.6 Å². The summed E-state index contributed by atoms with van der Waals surface area (Å²) in [6.07, 6.45) is 2.27. The van der Waals surface area contributed by atoms with Gasteiger partial charge in [-0.25, -0.2) is 0 Å². The summed E-state index contributed by atoms with van der Waals surface area (Å²) in [5.41, 5.74) is 2.70. The molecular formula is C14H19ClN2O. The second kappa shape index (κ2) is 4.90. The zero-order valence-corrected chi connectivity index (χ0v) is 11.4. The van der Waals surface area contributed by atoms with E-state index >= 15 is 0 Å². The molecule has 0 aliphatic carbocycles. The fourth-order valence-corrected chi connectivity index (χ4v) is 3.24. The van der Waals surface area contributed by atoms with Gasteiger partial charge < -0.3 is 10.2 Å². The number of hydrogen-bond donors (Lipinski definition) is 1. The van der Waals surface area contributed by atoms with Crippen LogP contribution in [0.3, 0.4) is 0 Å². The van der Waals surface area contributed by atoms with Crippen LogP contribution in [0.25, 0.3) is 0 Å². The third-order valence-electron chi connectivity index (χ3n) is 4.17. The van der Waals surface area contributed by atoms with E-state index in [0.29, 0.717) is 0 Å². The summed E-state index contributed by atoms with van der Waals surface area (Å²) in [5, 5.41) is 3.41. The van der Waals surface area contributed by atoms with Crippen molar-refractivity contribution in [3.8, 4) is 0 Å². The summed E-state index contributed by atoms with van der Waals surface area (Å²) in [6.45, 7) is 4.64. The first kappa shape index (κ1) is 13.4. The quantitative estimate of drug-likeness (QED) is 0.780. The number of carbonyl (C=O) groups is 1. The van der Waals surface area contributed by atoms with Crippen molar-refractivity contribution in [2.45, 2.75) is 25.2 Å². The number of nitrogens with zero attached hydrogens (tertiary/aromatic N) is 1. The van der Waals surface area contributed by atoms with E-state index < -0.39 is 0 Å². The SMILES string of the molecule is CC(=O)N1CC2(CCNCC2)c2ccccc21.Cl. The Kier molecular flexibility index (Phi) is 3.64. The first-order valence-electron chi connectivity index (χ1n) is 6.31. The fraction of sp³-hybridized carbons (Fsp3) is 0.500. The average Bonchev–Trinajstić information content (AvgIpc) is 2.66. The van der Waals surface area contributed by atoms with Crippen LogP contribution in [0.15, 0.2) is 24.3 Å². The molecule has 2 heterocycles. The van der Waals surface area contributed by atoms with Gasteiger partial charge in [0.25, 0.3) is 0 Å². The van der Waals surface area contributed by atoms with Gasteiger partial charge >= 0.3 is 0 Å². The molecule has 98 valence electrons. The van der Waals surface area contributed by atoms with Crippen LogP contribution < -0.4 is 10.2 Å². The van der Waals surface area contributed by atoms with E-state index in [1.807, 2.05) is 11.0 Å². The standard InChI is InChI=1S/C14H18N2O.ClH/c1-11(17)16-10-14(6-8-15-9-7-14)12-4-2-3-5-13(12)16;/h2-5,15H,6-10H2,1H3;1H. The molecule has 3 rings (SSSR count). The number of anilines is 1. The van der Waals surface area contributed by atoms with E-state index in [1.54, 1.807) is 6.92 Å². The Balaban J connectivity index is 0.00000120. The fourth-order valence-electron chi connectivity index (χ4n) is 3.24. The molecule has 0 aromatic heterocycles. The van der Waals surface area contributed by atoms with Gasteiger partial charge in [-0.1, -0.05) is 18.2 Å². The molecule has 2 aliphatic rings. The van der Waals surface area contributed by atoms with Crippen LogP contribution in [0.1, 0.15) is 25.3 Å². The maximum absolute atomic E-state index is 11.7. The van der Waals surface area contributed by atoms with Crippen LogP contribution in [0, 0.1) is 0 Å². The van der Waals surface area contributed by atoms with Crippen LogP contribution in [-0.2, 0) is 10.2 Å². The molecule has 0 radical (unpaired) electrons. The smallest absolute Gasteiger partial charge is 0.223 e. The number of fused-ring (bicyclic) bond motifs is 2. The number of rotatable bonds is 0. The molecule has 0 unspecified atom stereocenters. The highest BCUT2D eigenvalue weighted by molar-refractivity contribution is 5.94. The minimum atomic E-state index is 0. The molecule has 1 spiro atoms. The Morgan fingerprint density at radius 3 is 2.61 bits per heavy atom. The van der Waals surface area contributed by atoms with Crippen molar-refractivity contribution in [1.82, 2.24) is 5.32 Å². The van der Waals surface area contributed by atoms with Crippen LogP contribution in [0.5, 0.6) is 0 Å². The lowest BCUT2D eigenvalue weighted by Crippen LogP contribution is -2.43. The Morgan fingerprint density at radius 1 is 1.28 bits per heavy atom. The molecule has 1 aromatic rings. The normalized spacial score (nSPS) is 20.4. The molecule has 1 aromatic carbocycles. The number of halogens is 1. The van der Waals surface area contributed by atoms with E-state index in [-0.39, 0.29) is 23.7 Å². The van der Waals surface area contributed by atoms with Gasteiger partial charge in [-0.3, -0.25) is 4.79 Å². The maximum Gasteiger partial charge on any atom is 0.223 e. The summed E-state index contributed by atoms with van der Waals surface area (Å²) in [7, 11) is 0. The Bertz CT molecular complexity index is 455. The first-order chi connectivity index (χ1) is 8.23. The highest BCUT2D eigenvalue weighted by Gasteiger charge is 2.44. The predicted molar refractivity (Wildman–Crippen MR) is 75.5 cm³/mol. The number of para-hydroxylation sites is 1. The highest BCUT2D eigenvalue weighted by Crippen LogP contribution is 2.45. The van der Waals surface area contributed by atoms with Gasteiger partial charge in [-0.15, -0.1) is 12.4 Å². The average molecular weight is 267 g/mol. The van der Waals surface area contributed by atoms with Gasteiger partial charge in [0.15, 0.2) is 0 Å². The zero-order valence-electron chi connectivity index (χ0n) is 10.6. The van der Waals surface area contributed by atoms with Crippen molar-refractivity contribution in [3.05, 3.63) is 29.8 Å². The van der Waals surface area contributed by atoms with E-state index in [2.05, 4.69) is 23.5 Å². The third-order valence-corrected chi connectivity index (χ3v) is 4.17. The predicted octanol–water partition coefficient (Wildman–Crippen LogP) is 2.10. The molecule has 1 amide bonds. The lowest BCUT2D eigenvalue weighted by molar-refractivity contribution is -0.116. The molecule has 1 fully saturated rings. The monoisotopic (exact) mass is 266 g/mol. The molecule has 1 saturated heterocycles. The molecule has 0 bridgehead atoms. The van der Waals surface area contributed by atoms with Crippen molar-refractivity contribution in [2.75, 3.05) is 24.5 Å². The molecule has 2 aliphatic heterocycles. The summed E-state index contributed by atoms with van der Waals surface area (Å²) in [4.78, 5) is 13.7. The number of carbonyl (C=O) groups excluding carboxylic acids is 1. The number of amides is 1.